The number of piperidine rings is 1. The van der Waals surface area contributed by atoms with Crippen LogP contribution in [0.15, 0.2) is 23.3 Å². The molecule has 28 heavy (non-hydrogen) atoms. The molecule has 0 saturated carbocycles. The third-order valence-electron chi connectivity index (χ3n) is 5.50. The molecular weight excluding hydrogens is 352 g/mol. The molecule has 6 heteroatoms. The average Bonchev–Trinajstić information content (AvgIpc) is 2.74. The first-order chi connectivity index (χ1) is 13.7. The molecular formula is C22H36N4O2. The van der Waals surface area contributed by atoms with Gasteiger partial charge in [-0.15, -0.1) is 0 Å². The Morgan fingerprint density at radius 2 is 2.14 bits per heavy atom. The van der Waals surface area contributed by atoms with Crippen LogP contribution in [0.1, 0.15) is 50.3 Å². The van der Waals surface area contributed by atoms with Crippen molar-refractivity contribution in [1.29, 1.82) is 0 Å². The maximum atomic E-state index is 6.14. The predicted molar refractivity (Wildman–Crippen MR) is 113 cm³/mol. The number of hydrogen-bond acceptors (Lipinski definition) is 4. The Bertz CT molecular complexity index is 591. The molecule has 2 aliphatic rings. The van der Waals surface area contributed by atoms with E-state index in [0.29, 0.717) is 12.2 Å². The Morgan fingerprint density at radius 1 is 1.29 bits per heavy atom. The van der Waals surface area contributed by atoms with Gasteiger partial charge in [-0.1, -0.05) is 6.07 Å². The maximum Gasteiger partial charge on any atom is 0.193 e. The molecule has 156 valence electrons. The molecule has 1 aromatic heterocycles. The van der Waals surface area contributed by atoms with Crippen LogP contribution in [0, 0.1) is 6.92 Å². The van der Waals surface area contributed by atoms with E-state index in [-0.39, 0.29) is 0 Å². The molecule has 2 fully saturated rings. The average molecular weight is 389 g/mol. The Balaban J connectivity index is 1.42. The lowest BCUT2D eigenvalue weighted by atomic mass is 10.1. The number of guanidine groups is 1. The minimum absolute atomic E-state index is 0.307. The number of aliphatic imine (C=N–C) groups is 1. The van der Waals surface area contributed by atoms with Gasteiger partial charge in [-0.3, -0.25) is 9.98 Å². The number of nitrogens with one attached hydrogen (secondary N) is 1. The second-order valence-corrected chi connectivity index (χ2v) is 7.80. The minimum Gasteiger partial charge on any atom is -0.376 e. The summed E-state index contributed by atoms with van der Waals surface area (Å²) >= 11 is 0. The predicted octanol–water partition coefficient (Wildman–Crippen LogP) is 2.95. The van der Waals surface area contributed by atoms with Crippen molar-refractivity contribution in [3.05, 3.63) is 29.6 Å². The summed E-state index contributed by atoms with van der Waals surface area (Å²) < 4.78 is 11.9. The molecule has 0 amide bonds. The Hall–Kier alpha value is -1.66. The molecule has 2 saturated heterocycles. The second kappa shape index (κ2) is 11.4. The van der Waals surface area contributed by atoms with Gasteiger partial charge in [-0.25, -0.2) is 0 Å². The van der Waals surface area contributed by atoms with Gasteiger partial charge in [0, 0.05) is 44.7 Å². The second-order valence-electron chi connectivity index (χ2n) is 7.80. The number of hydrogen-bond donors (Lipinski definition) is 1. The molecule has 0 spiro atoms. The third kappa shape index (κ3) is 6.74. The topological polar surface area (TPSA) is 59.0 Å². The van der Waals surface area contributed by atoms with E-state index in [1.54, 1.807) is 0 Å². The summed E-state index contributed by atoms with van der Waals surface area (Å²) in [5.74, 6) is 1.02. The lowest BCUT2D eigenvalue weighted by Gasteiger charge is -2.35. The molecule has 3 rings (SSSR count). The molecule has 0 aliphatic carbocycles. The van der Waals surface area contributed by atoms with Gasteiger partial charge in [-0.2, -0.15) is 0 Å². The van der Waals surface area contributed by atoms with E-state index < -0.39 is 0 Å². The fraction of sp³-hybridized carbons (Fsp3) is 0.727. The monoisotopic (exact) mass is 388 g/mol. The van der Waals surface area contributed by atoms with Gasteiger partial charge >= 0.3 is 0 Å². The number of ether oxygens (including phenoxy) is 2. The van der Waals surface area contributed by atoms with Crippen molar-refractivity contribution < 1.29 is 9.47 Å². The van der Waals surface area contributed by atoms with Crippen molar-refractivity contribution in [3.63, 3.8) is 0 Å². The van der Waals surface area contributed by atoms with Gasteiger partial charge in [-0.05, 0) is 64.0 Å². The zero-order valence-electron chi connectivity index (χ0n) is 17.5. The highest BCUT2D eigenvalue weighted by atomic mass is 16.5. The first kappa shape index (κ1) is 21.1. The molecule has 3 heterocycles. The molecule has 1 atom stereocenters. The van der Waals surface area contributed by atoms with Gasteiger partial charge in [0.15, 0.2) is 5.96 Å². The van der Waals surface area contributed by atoms with E-state index in [4.69, 9.17) is 14.5 Å². The van der Waals surface area contributed by atoms with E-state index in [0.717, 1.165) is 76.7 Å². The fourth-order valence-corrected chi connectivity index (χ4v) is 3.78. The summed E-state index contributed by atoms with van der Waals surface area (Å²) in [5.41, 5.74) is 2.29. The SMILES string of the molecule is CCNC(=NCCc1ccc(C)nc1)N1CCC(OCC2CCCCO2)CC1. The molecule has 1 N–H and O–H groups in total. The minimum atomic E-state index is 0.307. The third-order valence-corrected chi connectivity index (χ3v) is 5.50. The lowest BCUT2D eigenvalue weighted by molar-refractivity contribution is -0.0721. The zero-order valence-corrected chi connectivity index (χ0v) is 17.5. The quantitative estimate of drug-likeness (QED) is 0.575. The van der Waals surface area contributed by atoms with Crippen LogP contribution < -0.4 is 5.32 Å². The number of likely N-dealkylation sites (tertiary alicyclic amines) is 1. The van der Waals surface area contributed by atoms with E-state index in [1.807, 2.05) is 13.1 Å². The largest absolute Gasteiger partial charge is 0.376 e. The summed E-state index contributed by atoms with van der Waals surface area (Å²) in [6.45, 7) is 9.45. The lowest BCUT2D eigenvalue weighted by Crippen LogP contribution is -2.47. The molecule has 6 nitrogen and oxygen atoms in total. The van der Waals surface area contributed by atoms with Crippen LogP contribution in [0.25, 0.3) is 0 Å². The van der Waals surface area contributed by atoms with Crippen LogP contribution in [-0.4, -0.2) is 67.4 Å². The van der Waals surface area contributed by atoms with Crippen molar-refractivity contribution in [2.75, 3.05) is 39.4 Å². The van der Waals surface area contributed by atoms with Gasteiger partial charge < -0.3 is 19.7 Å². The Labute approximate surface area is 169 Å². The molecule has 2 aliphatic heterocycles. The summed E-state index contributed by atoms with van der Waals surface area (Å²) in [7, 11) is 0. The summed E-state index contributed by atoms with van der Waals surface area (Å²) in [5, 5.41) is 3.45. The van der Waals surface area contributed by atoms with Gasteiger partial charge in [0.25, 0.3) is 0 Å². The zero-order chi connectivity index (χ0) is 19.6. The normalized spacial score (nSPS) is 21.7. The number of nitrogens with zero attached hydrogens (tertiary/aromatic N) is 3. The van der Waals surface area contributed by atoms with Crippen LogP contribution in [0.5, 0.6) is 0 Å². The molecule has 0 bridgehead atoms. The van der Waals surface area contributed by atoms with Crippen molar-refractivity contribution >= 4 is 5.96 Å². The van der Waals surface area contributed by atoms with Crippen LogP contribution in [-0.2, 0) is 15.9 Å². The Morgan fingerprint density at radius 3 is 2.82 bits per heavy atom. The van der Waals surface area contributed by atoms with Crippen LogP contribution in [0.4, 0.5) is 0 Å². The molecule has 1 unspecified atom stereocenters. The highest BCUT2D eigenvalue weighted by molar-refractivity contribution is 5.80. The molecule has 0 radical (unpaired) electrons. The first-order valence-corrected chi connectivity index (χ1v) is 10.9. The highest BCUT2D eigenvalue weighted by Crippen LogP contribution is 2.18. The van der Waals surface area contributed by atoms with Crippen molar-refractivity contribution in [2.24, 2.45) is 4.99 Å². The standard InChI is InChI=1S/C22H36N4O2/c1-3-23-22(24-12-9-19-8-7-18(2)25-16-19)26-13-10-20(11-14-26)28-17-21-6-4-5-15-27-21/h7-8,16,20-21H,3-6,9-15,17H2,1-2H3,(H,23,24). The number of aromatic nitrogens is 1. The number of aryl methyl sites for hydroxylation is 1. The molecule has 0 aromatic carbocycles. The smallest absolute Gasteiger partial charge is 0.193 e. The first-order valence-electron chi connectivity index (χ1n) is 10.9. The van der Waals surface area contributed by atoms with E-state index in [9.17, 15) is 0 Å². The van der Waals surface area contributed by atoms with Crippen LogP contribution in [0.2, 0.25) is 0 Å². The highest BCUT2D eigenvalue weighted by Gasteiger charge is 2.23. The number of pyridine rings is 1. The van der Waals surface area contributed by atoms with E-state index >= 15 is 0 Å². The van der Waals surface area contributed by atoms with E-state index in [2.05, 4.69) is 34.3 Å². The Kier molecular flexibility index (Phi) is 8.55. The van der Waals surface area contributed by atoms with E-state index in [1.165, 1.54) is 18.4 Å². The number of rotatable bonds is 7. The van der Waals surface area contributed by atoms with Crippen molar-refractivity contribution in [3.8, 4) is 0 Å². The maximum absolute atomic E-state index is 6.14. The molecule has 1 aromatic rings. The van der Waals surface area contributed by atoms with Gasteiger partial charge in [0.1, 0.15) is 0 Å². The van der Waals surface area contributed by atoms with Crippen LogP contribution >= 0.6 is 0 Å². The van der Waals surface area contributed by atoms with Crippen LogP contribution in [0.3, 0.4) is 0 Å². The summed E-state index contributed by atoms with van der Waals surface area (Å²) in [6.07, 6.45) is 9.25. The van der Waals surface area contributed by atoms with Crippen molar-refractivity contribution in [1.82, 2.24) is 15.2 Å². The summed E-state index contributed by atoms with van der Waals surface area (Å²) in [6, 6.07) is 4.21. The van der Waals surface area contributed by atoms with Crippen molar-refractivity contribution in [2.45, 2.75) is 64.6 Å². The van der Waals surface area contributed by atoms with Gasteiger partial charge in [0.05, 0.1) is 18.8 Å². The van der Waals surface area contributed by atoms with Gasteiger partial charge in [0.2, 0.25) is 0 Å². The summed E-state index contributed by atoms with van der Waals surface area (Å²) in [4.78, 5) is 11.6. The fourth-order valence-electron chi connectivity index (χ4n) is 3.78.